The molecule has 0 aliphatic heterocycles. The Morgan fingerprint density at radius 2 is 1.79 bits per heavy atom. The molecule has 0 aromatic heterocycles. The van der Waals surface area contributed by atoms with Gasteiger partial charge < -0.3 is 14.8 Å². The van der Waals surface area contributed by atoms with E-state index in [4.69, 9.17) is 9.47 Å². The van der Waals surface area contributed by atoms with Crippen LogP contribution in [0.25, 0.3) is 0 Å². The monoisotopic (exact) mass is 327 g/mol. The molecule has 1 amide bonds. The standard InChI is InChI=1S/C19H18FNO3/c1-23-17-10-7-15(12-18(17)24-2)13-19(22)21-11-3-4-14-5-8-16(20)9-6-14/h5-10,12H,11,13H2,1-2H3,(H,21,22). The number of nitrogens with one attached hydrogen (secondary N) is 1. The van der Waals surface area contributed by atoms with Gasteiger partial charge in [0.05, 0.1) is 27.2 Å². The van der Waals surface area contributed by atoms with Crippen LogP contribution in [0.2, 0.25) is 0 Å². The molecule has 0 atom stereocenters. The Balaban J connectivity index is 1.86. The molecule has 1 N–H and O–H groups in total. The normalized spacial score (nSPS) is 9.62. The minimum absolute atomic E-state index is 0.143. The van der Waals surface area contributed by atoms with Gasteiger partial charge in [-0.3, -0.25) is 4.79 Å². The van der Waals surface area contributed by atoms with Crippen LogP contribution < -0.4 is 14.8 Å². The average molecular weight is 327 g/mol. The van der Waals surface area contributed by atoms with Gasteiger partial charge >= 0.3 is 0 Å². The lowest BCUT2D eigenvalue weighted by Gasteiger charge is -2.09. The van der Waals surface area contributed by atoms with E-state index in [0.29, 0.717) is 17.1 Å². The topological polar surface area (TPSA) is 47.6 Å². The number of methoxy groups -OCH3 is 2. The number of carbonyl (C=O) groups excluding carboxylic acids is 1. The van der Waals surface area contributed by atoms with E-state index in [9.17, 15) is 9.18 Å². The minimum Gasteiger partial charge on any atom is -0.493 e. The predicted octanol–water partition coefficient (Wildman–Crippen LogP) is 2.55. The second-order valence-corrected chi connectivity index (χ2v) is 4.95. The van der Waals surface area contributed by atoms with Crippen LogP contribution in [0.3, 0.4) is 0 Å². The first-order valence-corrected chi connectivity index (χ1v) is 7.34. The molecule has 0 bridgehead atoms. The number of carbonyl (C=O) groups is 1. The fraction of sp³-hybridized carbons (Fsp3) is 0.211. The van der Waals surface area contributed by atoms with E-state index < -0.39 is 0 Å². The first kappa shape index (κ1) is 17.4. The predicted molar refractivity (Wildman–Crippen MR) is 89.5 cm³/mol. The van der Waals surface area contributed by atoms with Gasteiger partial charge in [-0.2, -0.15) is 0 Å². The fourth-order valence-corrected chi connectivity index (χ4v) is 2.06. The van der Waals surface area contributed by atoms with Crippen LogP contribution >= 0.6 is 0 Å². The lowest BCUT2D eigenvalue weighted by Crippen LogP contribution is -2.25. The maximum Gasteiger partial charge on any atom is 0.225 e. The van der Waals surface area contributed by atoms with Gasteiger partial charge in [-0.15, -0.1) is 0 Å². The van der Waals surface area contributed by atoms with Crippen molar-refractivity contribution in [3.63, 3.8) is 0 Å². The highest BCUT2D eigenvalue weighted by Gasteiger charge is 2.07. The Morgan fingerprint density at radius 1 is 1.08 bits per heavy atom. The van der Waals surface area contributed by atoms with Gasteiger partial charge in [0.15, 0.2) is 11.5 Å². The molecule has 2 rings (SSSR count). The zero-order valence-electron chi connectivity index (χ0n) is 13.6. The molecule has 0 radical (unpaired) electrons. The number of ether oxygens (including phenoxy) is 2. The summed E-state index contributed by atoms with van der Waals surface area (Å²) in [6.07, 6.45) is 0.221. The van der Waals surface area contributed by atoms with Crippen molar-refractivity contribution in [2.24, 2.45) is 0 Å². The lowest BCUT2D eigenvalue weighted by atomic mass is 10.1. The second kappa shape index (κ2) is 8.59. The molecule has 0 saturated carbocycles. The zero-order chi connectivity index (χ0) is 17.4. The van der Waals surface area contributed by atoms with Crippen LogP contribution in [-0.4, -0.2) is 26.7 Å². The summed E-state index contributed by atoms with van der Waals surface area (Å²) in [5, 5.41) is 2.72. The van der Waals surface area contributed by atoms with Crippen molar-refractivity contribution >= 4 is 5.91 Å². The summed E-state index contributed by atoms with van der Waals surface area (Å²) >= 11 is 0. The molecule has 0 fully saturated rings. The third kappa shape index (κ3) is 5.03. The van der Waals surface area contributed by atoms with E-state index in [-0.39, 0.29) is 24.7 Å². The van der Waals surface area contributed by atoms with Gasteiger partial charge in [0.1, 0.15) is 5.82 Å². The highest BCUT2D eigenvalue weighted by molar-refractivity contribution is 5.79. The first-order valence-electron chi connectivity index (χ1n) is 7.34. The largest absolute Gasteiger partial charge is 0.493 e. The van der Waals surface area contributed by atoms with E-state index in [1.807, 2.05) is 6.07 Å². The molecular weight excluding hydrogens is 309 g/mol. The molecule has 5 heteroatoms. The smallest absolute Gasteiger partial charge is 0.225 e. The van der Waals surface area contributed by atoms with Gasteiger partial charge in [-0.1, -0.05) is 17.9 Å². The van der Waals surface area contributed by atoms with Crippen LogP contribution in [0, 0.1) is 17.7 Å². The molecule has 124 valence electrons. The van der Waals surface area contributed by atoms with E-state index in [2.05, 4.69) is 17.2 Å². The van der Waals surface area contributed by atoms with Crippen LogP contribution in [0.15, 0.2) is 42.5 Å². The number of halogens is 1. The SMILES string of the molecule is COc1ccc(CC(=O)NCC#Cc2ccc(F)cc2)cc1OC. The van der Waals surface area contributed by atoms with Crippen molar-refractivity contribution in [3.8, 4) is 23.3 Å². The molecule has 0 unspecified atom stereocenters. The number of rotatable bonds is 5. The van der Waals surface area contributed by atoms with Crippen molar-refractivity contribution in [1.29, 1.82) is 0 Å². The Bertz CT molecular complexity index is 760. The van der Waals surface area contributed by atoms with Crippen LogP contribution in [0.4, 0.5) is 4.39 Å². The van der Waals surface area contributed by atoms with Gasteiger partial charge in [-0.25, -0.2) is 4.39 Å². The number of benzene rings is 2. The number of hydrogen-bond acceptors (Lipinski definition) is 3. The molecule has 0 aliphatic rings. The first-order chi connectivity index (χ1) is 11.6. The van der Waals surface area contributed by atoms with Crippen molar-refractivity contribution < 1.29 is 18.7 Å². The van der Waals surface area contributed by atoms with Crippen LogP contribution in [0.5, 0.6) is 11.5 Å². The van der Waals surface area contributed by atoms with Crippen molar-refractivity contribution in [3.05, 3.63) is 59.4 Å². The molecule has 0 saturated heterocycles. The van der Waals surface area contributed by atoms with E-state index in [0.717, 1.165) is 5.56 Å². The molecule has 0 heterocycles. The highest BCUT2D eigenvalue weighted by Crippen LogP contribution is 2.27. The van der Waals surface area contributed by atoms with Gasteiger partial charge in [0.2, 0.25) is 5.91 Å². The number of hydrogen-bond donors (Lipinski definition) is 1. The van der Waals surface area contributed by atoms with E-state index in [1.54, 1.807) is 38.5 Å². The Labute approximate surface area is 140 Å². The van der Waals surface area contributed by atoms with Gasteiger partial charge in [-0.05, 0) is 42.0 Å². The van der Waals surface area contributed by atoms with Gasteiger partial charge in [0, 0.05) is 5.56 Å². The quantitative estimate of drug-likeness (QED) is 0.859. The third-order valence-corrected chi connectivity index (χ3v) is 3.26. The summed E-state index contributed by atoms with van der Waals surface area (Å²) in [4.78, 5) is 11.9. The van der Waals surface area contributed by atoms with E-state index >= 15 is 0 Å². The molecule has 24 heavy (non-hydrogen) atoms. The molecule has 4 nitrogen and oxygen atoms in total. The summed E-state index contributed by atoms with van der Waals surface area (Å²) in [5.74, 6) is 6.44. The summed E-state index contributed by atoms with van der Waals surface area (Å²) in [6, 6.07) is 11.2. The number of amides is 1. The summed E-state index contributed by atoms with van der Waals surface area (Å²) < 4.78 is 23.1. The van der Waals surface area contributed by atoms with Gasteiger partial charge in [0.25, 0.3) is 0 Å². The lowest BCUT2D eigenvalue weighted by molar-refractivity contribution is -0.120. The molecular formula is C19H18FNO3. The Hall–Kier alpha value is -3.00. The molecule has 2 aromatic rings. The minimum atomic E-state index is -0.302. The zero-order valence-corrected chi connectivity index (χ0v) is 13.6. The fourth-order valence-electron chi connectivity index (χ4n) is 2.06. The Kier molecular flexibility index (Phi) is 6.21. The highest BCUT2D eigenvalue weighted by atomic mass is 19.1. The van der Waals surface area contributed by atoms with Crippen LogP contribution in [0.1, 0.15) is 11.1 Å². The molecule has 0 aliphatic carbocycles. The van der Waals surface area contributed by atoms with Crippen molar-refractivity contribution in [1.82, 2.24) is 5.32 Å². The molecule has 2 aromatic carbocycles. The van der Waals surface area contributed by atoms with Crippen molar-refractivity contribution in [2.75, 3.05) is 20.8 Å². The molecule has 0 spiro atoms. The maximum atomic E-state index is 12.8. The second-order valence-electron chi connectivity index (χ2n) is 4.95. The summed E-state index contributed by atoms with van der Waals surface area (Å²) in [7, 11) is 3.11. The van der Waals surface area contributed by atoms with E-state index in [1.165, 1.54) is 12.1 Å². The average Bonchev–Trinajstić information content (AvgIpc) is 2.60. The summed E-state index contributed by atoms with van der Waals surface area (Å²) in [5.41, 5.74) is 1.52. The summed E-state index contributed by atoms with van der Waals surface area (Å²) in [6.45, 7) is 0.226. The maximum absolute atomic E-state index is 12.8. The third-order valence-electron chi connectivity index (χ3n) is 3.26. The van der Waals surface area contributed by atoms with Crippen LogP contribution in [-0.2, 0) is 11.2 Å². The Morgan fingerprint density at radius 3 is 2.46 bits per heavy atom. The van der Waals surface area contributed by atoms with Crippen molar-refractivity contribution in [2.45, 2.75) is 6.42 Å².